The molecule has 2 unspecified atom stereocenters. The molecule has 0 radical (unpaired) electrons. The van der Waals surface area contributed by atoms with Crippen molar-refractivity contribution < 1.29 is 33.1 Å². The Bertz CT molecular complexity index is 2560. The summed E-state index contributed by atoms with van der Waals surface area (Å²) in [7, 11) is -4.49. The summed E-state index contributed by atoms with van der Waals surface area (Å²) in [6.07, 6.45) is 2.70. The first-order chi connectivity index (χ1) is 33.6. The van der Waals surface area contributed by atoms with Crippen LogP contribution in [0.1, 0.15) is 55.5 Å². The zero-order chi connectivity index (χ0) is 49.8. The van der Waals surface area contributed by atoms with Gasteiger partial charge in [0.25, 0.3) is 21.6 Å². The summed E-state index contributed by atoms with van der Waals surface area (Å²) in [6, 6.07) is 28.1. The molecule has 2 amide bonds. The first-order valence-electron chi connectivity index (χ1n) is 24.0. The van der Waals surface area contributed by atoms with Gasteiger partial charge in [-0.15, -0.1) is 11.8 Å². The number of allylic oxidation sites excluding steroid dienone is 1. The van der Waals surface area contributed by atoms with Crippen LogP contribution in [0.2, 0.25) is 5.02 Å². The molecule has 3 aliphatic rings. The van der Waals surface area contributed by atoms with Crippen molar-refractivity contribution in [1.82, 2.24) is 24.3 Å². The van der Waals surface area contributed by atoms with E-state index in [1.54, 1.807) is 23.9 Å². The number of nitrogens with zero attached hydrogens (tertiary/aromatic N) is 6. The van der Waals surface area contributed by atoms with E-state index in [0.29, 0.717) is 43.4 Å². The van der Waals surface area contributed by atoms with E-state index in [1.807, 2.05) is 61.5 Å². The molecule has 0 bridgehead atoms. The number of aliphatic hydroxyl groups excluding tert-OH is 1. The number of carbonyl (C=O) groups is 2. The van der Waals surface area contributed by atoms with Gasteiger partial charge in [0.1, 0.15) is 5.69 Å². The highest BCUT2D eigenvalue weighted by Gasteiger charge is 2.36. The summed E-state index contributed by atoms with van der Waals surface area (Å²) < 4.78 is 29.2. The van der Waals surface area contributed by atoms with E-state index in [0.717, 1.165) is 94.8 Å². The molecule has 2 aliphatic heterocycles. The molecule has 4 N–H and O–H groups in total. The maximum atomic E-state index is 13.6. The fourth-order valence-corrected chi connectivity index (χ4v) is 11.8. The Hall–Kier alpha value is -5.21. The number of nitro benzene ring substituents is 1. The molecule has 19 heteroatoms. The van der Waals surface area contributed by atoms with Gasteiger partial charge in [0.05, 0.1) is 16.4 Å². The standard InChI is InChI=1S/C51H65ClN8O8S2/c1-3-55(31-32-61)22-20-42(36-69-44-7-5-4-6-8-44)53-47-18-17-45(33-48(47)60(65)66)70(67,68)54-49(62)39-11-15-43(16-12-39)58-27-23-56(24-28-58)35-40-34-51(2,37-57-25-29-59(30-26-57)50(63)64)21-19-46(40)38-9-13-41(52)14-10-38/h4-18,33,42,53,61H,3,19-32,34-37H2,1-2H3,(H,54,62)(H,63,64). The molecule has 7 rings (SSSR count). The Kier molecular flexibility index (Phi) is 18.2. The van der Waals surface area contributed by atoms with Gasteiger partial charge in [-0.25, -0.2) is 17.9 Å². The number of nitro groups is 1. The number of carboxylic acid groups (broad SMARTS) is 1. The number of hydrogen-bond donors (Lipinski definition) is 4. The van der Waals surface area contributed by atoms with Crippen LogP contribution >= 0.6 is 23.4 Å². The summed E-state index contributed by atoms with van der Waals surface area (Å²) in [6.45, 7) is 13.7. The molecule has 376 valence electrons. The number of rotatable bonds is 21. The summed E-state index contributed by atoms with van der Waals surface area (Å²) in [4.78, 5) is 48.0. The Morgan fingerprint density at radius 1 is 0.914 bits per heavy atom. The fourth-order valence-electron chi connectivity index (χ4n) is 9.72. The third-order valence-electron chi connectivity index (χ3n) is 13.7. The number of aliphatic hydroxyl groups is 1. The first kappa shape index (κ1) is 52.6. The Balaban J connectivity index is 0.961. The largest absolute Gasteiger partial charge is 0.465 e. The number of benzene rings is 4. The molecule has 0 saturated carbocycles. The first-order valence-corrected chi connectivity index (χ1v) is 26.8. The maximum Gasteiger partial charge on any atom is 0.407 e. The zero-order valence-corrected chi connectivity index (χ0v) is 42.4. The fraction of sp³-hybridized carbons (Fsp3) is 0.451. The summed E-state index contributed by atoms with van der Waals surface area (Å²) >= 11 is 7.89. The van der Waals surface area contributed by atoms with E-state index in [-0.39, 0.29) is 29.3 Å². The summed E-state index contributed by atoms with van der Waals surface area (Å²) in [5.41, 5.74) is 4.81. The second kappa shape index (κ2) is 24.3. The third-order valence-corrected chi connectivity index (χ3v) is 16.4. The quantitative estimate of drug-likeness (QED) is 0.0361. The summed E-state index contributed by atoms with van der Waals surface area (Å²) in [5, 5.41) is 35.3. The van der Waals surface area contributed by atoms with Gasteiger partial charge in [0.15, 0.2) is 0 Å². The molecule has 4 aromatic carbocycles. The van der Waals surface area contributed by atoms with E-state index >= 15 is 0 Å². The highest BCUT2D eigenvalue weighted by Crippen LogP contribution is 2.44. The smallest absolute Gasteiger partial charge is 0.407 e. The lowest BCUT2D eigenvalue weighted by atomic mass is 9.71. The van der Waals surface area contributed by atoms with Crippen LogP contribution in [0.3, 0.4) is 0 Å². The number of likely N-dealkylation sites (N-methyl/N-ethyl adjacent to an activating group) is 1. The number of sulfonamides is 1. The minimum absolute atomic E-state index is 0.0159. The molecule has 1 aliphatic carbocycles. The number of nitrogens with one attached hydrogen (secondary N) is 2. The predicted octanol–water partition coefficient (Wildman–Crippen LogP) is 7.71. The lowest BCUT2D eigenvalue weighted by Crippen LogP contribution is -2.51. The van der Waals surface area contributed by atoms with Crippen molar-refractivity contribution >= 4 is 68.0 Å². The normalized spacial score (nSPS) is 18.8. The van der Waals surface area contributed by atoms with Gasteiger partial charge >= 0.3 is 6.09 Å². The number of thioether (sulfide) groups is 1. The molecule has 16 nitrogen and oxygen atoms in total. The van der Waals surface area contributed by atoms with E-state index in [1.165, 1.54) is 33.7 Å². The van der Waals surface area contributed by atoms with E-state index < -0.39 is 37.5 Å². The van der Waals surface area contributed by atoms with Crippen LogP contribution in [0.25, 0.3) is 5.57 Å². The predicted molar refractivity (Wildman–Crippen MR) is 278 cm³/mol. The van der Waals surface area contributed by atoms with Crippen molar-refractivity contribution in [3.05, 3.63) is 129 Å². The molecule has 2 atom stereocenters. The van der Waals surface area contributed by atoms with Crippen molar-refractivity contribution in [3.63, 3.8) is 0 Å². The van der Waals surface area contributed by atoms with Gasteiger partial charge < -0.3 is 30.2 Å². The number of amides is 2. The van der Waals surface area contributed by atoms with Gasteiger partial charge in [-0.2, -0.15) is 0 Å². The molecule has 0 spiro atoms. The molecule has 0 aromatic heterocycles. The maximum absolute atomic E-state index is 13.6. The lowest BCUT2D eigenvalue weighted by molar-refractivity contribution is -0.384. The minimum Gasteiger partial charge on any atom is -0.465 e. The second-order valence-electron chi connectivity index (χ2n) is 18.7. The van der Waals surface area contributed by atoms with E-state index in [2.05, 4.69) is 48.7 Å². The molecule has 2 fully saturated rings. The lowest BCUT2D eigenvalue weighted by Gasteiger charge is -2.44. The van der Waals surface area contributed by atoms with Crippen molar-refractivity contribution in [1.29, 1.82) is 0 Å². The van der Waals surface area contributed by atoms with Crippen LogP contribution in [0.4, 0.5) is 21.9 Å². The molecule has 4 aromatic rings. The molecular weight excluding hydrogens is 952 g/mol. The second-order valence-corrected chi connectivity index (χ2v) is 21.9. The summed E-state index contributed by atoms with van der Waals surface area (Å²) in [5.74, 6) is -0.275. The molecule has 2 heterocycles. The monoisotopic (exact) mass is 1020 g/mol. The van der Waals surface area contributed by atoms with Gasteiger partial charge in [0.2, 0.25) is 0 Å². The number of piperazine rings is 2. The van der Waals surface area contributed by atoms with Crippen LogP contribution in [0.5, 0.6) is 0 Å². The van der Waals surface area contributed by atoms with Crippen molar-refractivity contribution in [2.24, 2.45) is 5.41 Å². The Morgan fingerprint density at radius 2 is 1.60 bits per heavy atom. The number of halogens is 1. The van der Waals surface area contributed by atoms with Crippen molar-refractivity contribution in [2.75, 3.05) is 108 Å². The van der Waals surface area contributed by atoms with E-state index in [4.69, 9.17) is 11.6 Å². The molecule has 2 saturated heterocycles. The number of carbonyl (C=O) groups excluding carboxylic acids is 1. The van der Waals surface area contributed by atoms with Crippen LogP contribution in [-0.4, -0.2) is 159 Å². The highest BCUT2D eigenvalue weighted by molar-refractivity contribution is 7.99. The van der Waals surface area contributed by atoms with Gasteiger partial charge in [-0.1, -0.05) is 61.4 Å². The van der Waals surface area contributed by atoms with Crippen molar-refractivity contribution in [2.45, 2.75) is 55.4 Å². The van der Waals surface area contributed by atoms with Crippen LogP contribution in [0, 0.1) is 15.5 Å². The Labute approximate surface area is 420 Å². The van der Waals surface area contributed by atoms with Crippen LogP contribution in [-0.2, 0) is 10.0 Å². The van der Waals surface area contributed by atoms with Crippen LogP contribution < -0.4 is 14.9 Å². The van der Waals surface area contributed by atoms with E-state index in [9.17, 15) is 38.3 Å². The average molecular weight is 1020 g/mol. The molecular formula is C51H65ClN8O8S2. The average Bonchev–Trinajstić information content (AvgIpc) is 3.35. The highest BCUT2D eigenvalue weighted by atomic mass is 35.5. The van der Waals surface area contributed by atoms with Crippen molar-refractivity contribution in [3.8, 4) is 0 Å². The number of hydrogen-bond acceptors (Lipinski definition) is 13. The molecule has 70 heavy (non-hydrogen) atoms. The van der Waals surface area contributed by atoms with Gasteiger partial charge in [0, 0.05) is 118 Å². The topological polar surface area (TPSA) is 192 Å². The third kappa shape index (κ3) is 14.2. The Morgan fingerprint density at radius 3 is 2.24 bits per heavy atom. The van der Waals surface area contributed by atoms with Crippen LogP contribution in [0.15, 0.2) is 112 Å². The number of anilines is 2. The van der Waals surface area contributed by atoms with Gasteiger partial charge in [-0.05, 0) is 109 Å². The van der Waals surface area contributed by atoms with Gasteiger partial charge in [-0.3, -0.25) is 24.7 Å². The minimum atomic E-state index is -4.49. The zero-order valence-electron chi connectivity index (χ0n) is 40.0. The SMILES string of the molecule is CCN(CCO)CCC(CSc1ccccc1)Nc1ccc(S(=O)(=O)NC(=O)c2ccc(N3CCN(CC4=C(c5ccc(Cl)cc5)CCC(C)(CN5CCN(C(=O)O)CC5)C4)CC3)cc2)cc1[N+](=O)[O-].